The highest BCUT2D eigenvalue weighted by Gasteiger charge is 2.08. The van der Waals surface area contributed by atoms with E-state index in [4.69, 9.17) is 4.74 Å². The molecular weight excluding hydrogens is 426 g/mol. The number of alkyl halides is 1. The van der Waals surface area contributed by atoms with Gasteiger partial charge in [0, 0.05) is 20.8 Å². The summed E-state index contributed by atoms with van der Waals surface area (Å²) in [6.45, 7) is 0.582. The van der Waals surface area contributed by atoms with Crippen LogP contribution in [0.4, 0.5) is 0 Å². The van der Waals surface area contributed by atoms with E-state index in [0.717, 1.165) is 26.8 Å². The molecule has 3 rings (SSSR count). The molecule has 0 bridgehead atoms. The molecule has 0 saturated carbocycles. The van der Waals surface area contributed by atoms with E-state index in [9.17, 15) is 0 Å². The Morgan fingerprint density at radius 2 is 1.91 bits per heavy atom. The largest absolute Gasteiger partial charge is 0.490 e. The maximum absolute atomic E-state index is 5.65. The summed E-state index contributed by atoms with van der Waals surface area (Å²) in [5, 5.41) is 2.03. The first kappa shape index (κ1) is 15.7. The fourth-order valence-electron chi connectivity index (χ4n) is 2.10. The van der Waals surface area contributed by atoms with Crippen molar-refractivity contribution in [3.8, 4) is 17.0 Å². The Morgan fingerprint density at radius 1 is 1.09 bits per heavy atom. The zero-order valence-electron chi connectivity index (χ0n) is 11.6. The minimum absolute atomic E-state index is 0.582. The molecule has 0 fully saturated rings. The van der Waals surface area contributed by atoms with E-state index in [1.807, 2.05) is 30.4 Å². The van der Waals surface area contributed by atoms with Gasteiger partial charge in [0.05, 0.1) is 10.4 Å². The predicted octanol–water partition coefficient (Wildman–Crippen LogP) is 6.06. The van der Waals surface area contributed by atoms with Crippen molar-refractivity contribution in [2.24, 2.45) is 0 Å². The number of aromatic nitrogens is 1. The van der Waals surface area contributed by atoms with Crippen LogP contribution in [-0.2, 0) is 0 Å². The van der Waals surface area contributed by atoms with Gasteiger partial charge < -0.3 is 4.74 Å². The highest BCUT2D eigenvalue weighted by molar-refractivity contribution is 9.10. The number of allylic oxidation sites excluding steroid dienone is 1. The van der Waals surface area contributed by atoms with Crippen LogP contribution in [0.1, 0.15) is 0 Å². The molecule has 0 aliphatic carbocycles. The number of hydrogen-bond acceptors (Lipinski definition) is 3. The smallest absolute Gasteiger partial charge is 0.119 e. The molecule has 0 aliphatic rings. The lowest BCUT2D eigenvalue weighted by Crippen LogP contribution is -1.93. The van der Waals surface area contributed by atoms with E-state index in [1.54, 1.807) is 0 Å². The average Bonchev–Trinajstić information content (AvgIpc) is 2.95. The van der Waals surface area contributed by atoms with Crippen molar-refractivity contribution in [1.29, 1.82) is 0 Å². The molecule has 1 heterocycles. The van der Waals surface area contributed by atoms with Gasteiger partial charge in [-0.25, -0.2) is 0 Å². The molecule has 1 aromatic heterocycles. The molecule has 112 valence electrons. The summed E-state index contributed by atoms with van der Waals surface area (Å²) >= 11 is 8.36. The Labute approximate surface area is 150 Å². The summed E-state index contributed by atoms with van der Waals surface area (Å²) in [6, 6.07) is 14.3. The summed E-state index contributed by atoms with van der Waals surface area (Å²) in [5.74, 6) is 0.866. The molecular formula is C17H13Br2NOS. The first-order valence-corrected chi connectivity index (χ1v) is 9.46. The predicted molar refractivity (Wildman–Crippen MR) is 101 cm³/mol. The highest BCUT2D eigenvalue weighted by atomic mass is 79.9. The van der Waals surface area contributed by atoms with E-state index in [0.29, 0.717) is 6.61 Å². The normalized spacial score (nSPS) is 11.4. The molecule has 0 radical (unpaired) electrons. The van der Waals surface area contributed by atoms with E-state index in [-0.39, 0.29) is 0 Å². The summed E-state index contributed by atoms with van der Waals surface area (Å²) in [4.78, 5) is 0. The second-order valence-electron chi connectivity index (χ2n) is 4.63. The second kappa shape index (κ2) is 7.40. The third-order valence-corrected chi connectivity index (χ3v) is 4.84. The third kappa shape index (κ3) is 3.59. The van der Waals surface area contributed by atoms with Crippen LogP contribution in [0.5, 0.6) is 5.75 Å². The van der Waals surface area contributed by atoms with Crippen LogP contribution in [-0.4, -0.2) is 16.3 Å². The van der Waals surface area contributed by atoms with Crippen molar-refractivity contribution in [2.45, 2.75) is 0 Å². The monoisotopic (exact) mass is 437 g/mol. The van der Waals surface area contributed by atoms with Gasteiger partial charge in [-0.1, -0.05) is 50.1 Å². The van der Waals surface area contributed by atoms with Crippen LogP contribution in [0.15, 0.2) is 59.1 Å². The number of ether oxygens (including phenoxy) is 1. The summed E-state index contributed by atoms with van der Waals surface area (Å²) in [7, 11) is 0. The van der Waals surface area contributed by atoms with Crippen molar-refractivity contribution in [3.05, 3.63) is 59.1 Å². The third-order valence-electron chi connectivity index (χ3n) is 3.16. The summed E-state index contributed by atoms with van der Waals surface area (Å²) < 4.78 is 12.5. The van der Waals surface area contributed by atoms with Gasteiger partial charge in [0.1, 0.15) is 12.4 Å². The minimum Gasteiger partial charge on any atom is -0.490 e. The molecule has 22 heavy (non-hydrogen) atoms. The van der Waals surface area contributed by atoms with Crippen molar-refractivity contribution >= 4 is 53.5 Å². The molecule has 0 N–H and O–H groups in total. The van der Waals surface area contributed by atoms with Gasteiger partial charge in [-0.2, -0.15) is 4.37 Å². The molecule has 2 aromatic carbocycles. The van der Waals surface area contributed by atoms with E-state index in [2.05, 4.69) is 60.5 Å². The van der Waals surface area contributed by atoms with Gasteiger partial charge in [0.25, 0.3) is 0 Å². The van der Waals surface area contributed by atoms with E-state index < -0.39 is 0 Å². The van der Waals surface area contributed by atoms with Gasteiger partial charge >= 0.3 is 0 Å². The number of benzene rings is 2. The Morgan fingerprint density at radius 3 is 2.68 bits per heavy atom. The SMILES string of the molecule is BrC/C=C/COc1ccc(-c2nsc3cc(Br)ccc23)cc1. The van der Waals surface area contributed by atoms with Crippen molar-refractivity contribution in [1.82, 2.24) is 4.37 Å². The number of halogens is 2. The minimum atomic E-state index is 0.582. The Bertz CT molecular complexity index is 796. The van der Waals surface area contributed by atoms with Crippen molar-refractivity contribution < 1.29 is 4.74 Å². The van der Waals surface area contributed by atoms with Crippen LogP contribution in [0.25, 0.3) is 21.3 Å². The molecule has 5 heteroatoms. The van der Waals surface area contributed by atoms with Crippen LogP contribution in [0.3, 0.4) is 0 Å². The first-order chi connectivity index (χ1) is 10.8. The van der Waals surface area contributed by atoms with Crippen LogP contribution in [0.2, 0.25) is 0 Å². The fourth-order valence-corrected chi connectivity index (χ4v) is 3.72. The van der Waals surface area contributed by atoms with Crippen molar-refractivity contribution in [2.75, 3.05) is 11.9 Å². The summed E-state index contributed by atoms with van der Waals surface area (Å²) in [5.41, 5.74) is 2.13. The fraction of sp³-hybridized carbons (Fsp3) is 0.118. The number of rotatable bonds is 5. The number of nitrogens with zero attached hydrogens (tertiary/aromatic N) is 1. The van der Waals surface area contributed by atoms with Crippen molar-refractivity contribution in [3.63, 3.8) is 0 Å². The Balaban J connectivity index is 1.81. The molecule has 3 aromatic rings. The van der Waals surface area contributed by atoms with Crippen LogP contribution >= 0.6 is 43.4 Å². The highest BCUT2D eigenvalue weighted by Crippen LogP contribution is 2.33. The lowest BCUT2D eigenvalue weighted by Gasteiger charge is -2.04. The molecule has 0 amide bonds. The van der Waals surface area contributed by atoms with Crippen LogP contribution in [0, 0.1) is 0 Å². The lowest BCUT2D eigenvalue weighted by molar-refractivity contribution is 0.363. The molecule has 0 unspecified atom stereocenters. The average molecular weight is 439 g/mol. The van der Waals surface area contributed by atoms with Gasteiger partial charge in [0.15, 0.2) is 0 Å². The van der Waals surface area contributed by atoms with Gasteiger partial charge in [-0.3, -0.25) is 0 Å². The van der Waals surface area contributed by atoms with E-state index >= 15 is 0 Å². The Hall–Kier alpha value is -1.17. The maximum Gasteiger partial charge on any atom is 0.119 e. The van der Waals surface area contributed by atoms with Gasteiger partial charge in [-0.05, 0) is 47.9 Å². The summed E-state index contributed by atoms with van der Waals surface area (Å²) in [6.07, 6.45) is 4.02. The molecule has 0 aliphatic heterocycles. The molecule has 0 atom stereocenters. The molecule has 2 nitrogen and oxygen atoms in total. The topological polar surface area (TPSA) is 22.1 Å². The number of fused-ring (bicyclic) bond motifs is 1. The second-order valence-corrected chi connectivity index (χ2v) is 7.00. The quantitative estimate of drug-likeness (QED) is 0.357. The number of hydrogen-bond donors (Lipinski definition) is 0. The zero-order chi connectivity index (χ0) is 15.4. The molecule has 0 saturated heterocycles. The van der Waals surface area contributed by atoms with Gasteiger partial charge in [0.2, 0.25) is 0 Å². The van der Waals surface area contributed by atoms with Crippen LogP contribution < -0.4 is 4.74 Å². The lowest BCUT2D eigenvalue weighted by atomic mass is 10.1. The standard InChI is InChI=1S/C17H13Br2NOS/c18-9-1-2-10-21-14-6-3-12(4-7-14)17-15-8-5-13(19)11-16(15)22-20-17/h1-8,11H,9-10H2/b2-1+. The molecule has 0 spiro atoms. The van der Waals surface area contributed by atoms with E-state index in [1.165, 1.54) is 21.6 Å². The maximum atomic E-state index is 5.65. The Kier molecular flexibility index (Phi) is 5.28. The van der Waals surface area contributed by atoms with Gasteiger partial charge in [-0.15, -0.1) is 0 Å². The first-order valence-electron chi connectivity index (χ1n) is 6.77. The zero-order valence-corrected chi connectivity index (χ0v) is 15.6.